The van der Waals surface area contributed by atoms with Crippen molar-refractivity contribution >= 4 is 39.6 Å². The topological polar surface area (TPSA) is 87.3 Å². The molecule has 0 fully saturated rings. The Balaban J connectivity index is 3.58. The molecule has 1 atom stereocenters. The number of hydrogen-bond donors (Lipinski definition) is 2. The Morgan fingerprint density at radius 1 is 0.968 bits per heavy atom. The summed E-state index contributed by atoms with van der Waals surface area (Å²) in [5, 5.41) is 2.69. The summed E-state index contributed by atoms with van der Waals surface area (Å²) < 4.78 is 30.0. The highest BCUT2D eigenvalue weighted by atomic mass is 33.1. The van der Waals surface area contributed by atoms with Crippen molar-refractivity contribution in [2.45, 2.75) is 50.2 Å². The minimum absolute atomic E-state index is 0.0208. The monoisotopic (exact) mass is 502 g/mol. The van der Waals surface area contributed by atoms with Crippen LogP contribution in [-0.2, 0) is 23.7 Å². The molecule has 0 rings (SSSR count). The number of carbonyl (C=O) groups is 1. The lowest BCUT2D eigenvalue weighted by molar-refractivity contribution is 0.0506. The van der Waals surface area contributed by atoms with Crippen molar-refractivity contribution in [3.8, 4) is 0 Å². The van der Waals surface area contributed by atoms with Crippen LogP contribution in [-0.4, -0.2) is 89.0 Å². The zero-order valence-electron chi connectivity index (χ0n) is 19.7. The Bertz CT molecular complexity index is 422. The van der Waals surface area contributed by atoms with Crippen LogP contribution in [0.2, 0.25) is 0 Å². The van der Waals surface area contributed by atoms with E-state index in [1.54, 1.807) is 40.6 Å². The molecule has 11 heteroatoms. The van der Waals surface area contributed by atoms with E-state index < -0.39 is 6.09 Å². The second kappa shape index (κ2) is 21.9. The fourth-order valence-corrected chi connectivity index (χ4v) is 4.68. The van der Waals surface area contributed by atoms with Crippen molar-refractivity contribution < 1.29 is 28.5 Å². The molecule has 2 N–H and O–H groups in total. The van der Waals surface area contributed by atoms with Gasteiger partial charge >= 0.3 is 6.09 Å². The third-order valence-corrected chi connectivity index (χ3v) is 7.93. The normalized spacial score (nSPS) is 12.7. The van der Waals surface area contributed by atoms with E-state index in [2.05, 4.69) is 30.8 Å². The summed E-state index contributed by atoms with van der Waals surface area (Å²) in [5.41, 5.74) is 0.119. The lowest BCUT2D eigenvalue weighted by atomic mass is 10.1. The Kier molecular flexibility index (Phi) is 22.0. The Morgan fingerprint density at radius 3 is 2.32 bits per heavy atom. The van der Waals surface area contributed by atoms with E-state index in [1.165, 1.54) is 0 Å². The Labute approximate surface area is 200 Å². The number of carbonyl (C=O) groups excluding carboxylic acids is 1. The van der Waals surface area contributed by atoms with Gasteiger partial charge in [-0.1, -0.05) is 33.5 Å². The molecule has 0 bridgehead atoms. The molecule has 0 radical (unpaired) electrons. The van der Waals surface area contributed by atoms with Gasteiger partial charge in [-0.3, -0.25) is 4.72 Å². The van der Waals surface area contributed by atoms with E-state index >= 15 is 0 Å². The average Bonchev–Trinajstić information content (AvgIpc) is 2.73. The van der Waals surface area contributed by atoms with E-state index in [-0.39, 0.29) is 10.2 Å². The van der Waals surface area contributed by atoms with Gasteiger partial charge in [0, 0.05) is 38.2 Å². The summed E-state index contributed by atoms with van der Waals surface area (Å²) in [5.74, 6) is 0. The van der Waals surface area contributed by atoms with Gasteiger partial charge in [-0.2, -0.15) is 0 Å². The first-order chi connectivity index (χ1) is 14.9. The summed E-state index contributed by atoms with van der Waals surface area (Å²) >= 11 is 1.57. The number of ether oxygens (including phenoxy) is 5. The maximum atomic E-state index is 11.8. The quantitative estimate of drug-likeness (QED) is 0.0982. The van der Waals surface area contributed by atoms with Gasteiger partial charge in [0.2, 0.25) is 0 Å². The van der Waals surface area contributed by atoms with Crippen molar-refractivity contribution in [3.63, 3.8) is 0 Å². The van der Waals surface area contributed by atoms with Crippen LogP contribution >= 0.6 is 33.5 Å². The largest absolute Gasteiger partial charge is 0.450 e. The van der Waals surface area contributed by atoms with Gasteiger partial charge in [0.05, 0.1) is 33.0 Å². The second-order valence-corrected chi connectivity index (χ2v) is 11.1. The number of nitrogens with one attached hydrogen (secondary N) is 2. The van der Waals surface area contributed by atoms with Gasteiger partial charge in [-0.15, -0.1) is 0 Å². The summed E-state index contributed by atoms with van der Waals surface area (Å²) in [4.78, 5) is 11.8. The molecule has 0 aromatic heterocycles. The van der Waals surface area contributed by atoms with Crippen LogP contribution in [0.1, 0.15) is 40.0 Å². The maximum Gasteiger partial charge on any atom is 0.407 e. The summed E-state index contributed by atoms with van der Waals surface area (Å²) in [6, 6.07) is 0. The highest BCUT2D eigenvalue weighted by Gasteiger charge is 2.21. The first kappa shape index (κ1) is 31.1. The Morgan fingerprint density at radius 2 is 1.65 bits per heavy atom. The molecule has 1 unspecified atom stereocenters. The number of amides is 1. The lowest BCUT2D eigenvalue weighted by Gasteiger charge is -2.24. The van der Waals surface area contributed by atoms with Crippen molar-refractivity contribution in [1.82, 2.24) is 10.0 Å². The summed E-state index contributed by atoms with van der Waals surface area (Å²) in [6.07, 6.45) is 4.35. The van der Waals surface area contributed by atoms with Crippen LogP contribution < -0.4 is 10.0 Å². The molecule has 31 heavy (non-hydrogen) atoms. The van der Waals surface area contributed by atoms with Crippen LogP contribution in [0.5, 0.6) is 0 Å². The molecule has 0 saturated carbocycles. The molecule has 0 aromatic carbocycles. The van der Waals surface area contributed by atoms with E-state index in [0.29, 0.717) is 39.6 Å². The van der Waals surface area contributed by atoms with Crippen molar-refractivity contribution in [2.24, 2.45) is 0 Å². The van der Waals surface area contributed by atoms with Crippen LogP contribution in [0.15, 0.2) is 0 Å². The summed E-state index contributed by atoms with van der Waals surface area (Å²) in [6.45, 7) is 11.6. The standard InChI is InChI=1S/C20H42N2O6S3/c1-18(27-12-7-6-11-24-4)30-31-20(2,3)8-13-28-19(23)21-9-14-25-16-17-26-15-10-22-29-5/h18,22H,6-17H2,1-5H3,(H,21,23). The molecule has 0 heterocycles. The SMILES string of the molecule is COCCCCOC(C)SSC(C)(C)CCOC(=O)NCCOCCOCCNSC. The van der Waals surface area contributed by atoms with Gasteiger partial charge in [-0.05, 0) is 46.3 Å². The van der Waals surface area contributed by atoms with Crippen LogP contribution in [0, 0.1) is 0 Å². The molecule has 0 aromatic rings. The molecule has 0 saturated heterocycles. The van der Waals surface area contributed by atoms with E-state index in [1.807, 2.05) is 6.26 Å². The zero-order valence-corrected chi connectivity index (χ0v) is 22.2. The maximum absolute atomic E-state index is 11.8. The smallest absolute Gasteiger partial charge is 0.407 e. The molecule has 0 aliphatic heterocycles. The molecule has 0 spiro atoms. The molecular weight excluding hydrogens is 460 g/mol. The molecule has 0 aliphatic rings. The number of methoxy groups -OCH3 is 1. The number of alkyl carbamates (subject to hydrolysis) is 1. The van der Waals surface area contributed by atoms with E-state index in [0.717, 1.165) is 39.0 Å². The molecular formula is C20H42N2O6S3. The first-order valence-electron chi connectivity index (χ1n) is 10.7. The highest BCUT2D eigenvalue weighted by molar-refractivity contribution is 8.77. The molecule has 1 amide bonds. The first-order valence-corrected chi connectivity index (χ1v) is 14.1. The Hall–Kier alpha value is 0.120. The fraction of sp³-hybridized carbons (Fsp3) is 0.950. The van der Waals surface area contributed by atoms with Crippen molar-refractivity contribution in [3.05, 3.63) is 0 Å². The van der Waals surface area contributed by atoms with E-state index in [9.17, 15) is 4.79 Å². The average molecular weight is 503 g/mol. The second-order valence-electron chi connectivity index (χ2n) is 7.21. The van der Waals surface area contributed by atoms with Gasteiger partial charge in [0.15, 0.2) is 0 Å². The molecule has 8 nitrogen and oxygen atoms in total. The third kappa shape index (κ3) is 23.1. The van der Waals surface area contributed by atoms with Crippen molar-refractivity contribution in [1.29, 1.82) is 0 Å². The van der Waals surface area contributed by atoms with Crippen LogP contribution in [0.25, 0.3) is 0 Å². The predicted octanol–water partition coefficient (Wildman–Crippen LogP) is 3.95. The minimum atomic E-state index is -0.413. The van der Waals surface area contributed by atoms with Gasteiger partial charge < -0.3 is 29.0 Å². The molecule has 186 valence electrons. The van der Waals surface area contributed by atoms with Gasteiger partial charge in [0.25, 0.3) is 0 Å². The lowest BCUT2D eigenvalue weighted by Crippen LogP contribution is -2.29. The van der Waals surface area contributed by atoms with Crippen LogP contribution in [0.4, 0.5) is 4.79 Å². The summed E-state index contributed by atoms with van der Waals surface area (Å²) in [7, 11) is 5.18. The minimum Gasteiger partial charge on any atom is -0.450 e. The number of rotatable bonds is 22. The predicted molar refractivity (Wildman–Crippen MR) is 133 cm³/mol. The number of hydrogen-bond acceptors (Lipinski definition) is 10. The van der Waals surface area contributed by atoms with Crippen molar-refractivity contribution in [2.75, 3.05) is 72.7 Å². The van der Waals surface area contributed by atoms with Gasteiger partial charge in [-0.25, -0.2) is 4.79 Å². The van der Waals surface area contributed by atoms with E-state index in [4.69, 9.17) is 23.7 Å². The van der Waals surface area contributed by atoms with Gasteiger partial charge in [0.1, 0.15) is 5.44 Å². The van der Waals surface area contributed by atoms with Crippen LogP contribution in [0.3, 0.4) is 0 Å². The fourth-order valence-electron chi connectivity index (χ4n) is 2.07. The highest BCUT2D eigenvalue weighted by Crippen LogP contribution is 2.40. The number of unbranched alkanes of at least 4 members (excludes halogenated alkanes) is 1. The third-order valence-electron chi connectivity index (χ3n) is 3.82. The molecule has 0 aliphatic carbocycles. The zero-order chi connectivity index (χ0) is 23.2.